The number of rotatable bonds is 1. The van der Waals surface area contributed by atoms with Gasteiger partial charge in [0.05, 0.1) is 5.69 Å². The van der Waals surface area contributed by atoms with E-state index in [4.69, 9.17) is 16.4 Å². The van der Waals surface area contributed by atoms with Gasteiger partial charge in [-0.2, -0.15) is 0 Å². The van der Waals surface area contributed by atoms with Crippen LogP contribution in [-0.2, 0) is 4.84 Å². The molecule has 4 fully saturated rings. The van der Waals surface area contributed by atoms with E-state index in [-0.39, 0.29) is 18.0 Å². The zero-order valence-corrected chi connectivity index (χ0v) is 13.3. The Morgan fingerprint density at radius 2 is 2.14 bits per heavy atom. The number of nitrogens with one attached hydrogen (secondary N) is 1. The molecule has 4 nitrogen and oxygen atoms in total. The van der Waals surface area contributed by atoms with Gasteiger partial charge in [-0.25, -0.2) is 4.99 Å². The first kappa shape index (κ1) is 15.1. The normalized spacial score (nSPS) is 35.8. The summed E-state index contributed by atoms with van der Waals surface area (Å²) >= 11 is 6.00. The maximum atomic E-state index is 6.00. The molecule has 0 unspecified atom stereocenters. The smallest absolute Gasteiger partial charge is 0.129 e. The van der Waals surface area contributed by atoms with E-state index in [1.165, 1.54) is 25.9 Å². The monoisotopic (exact) mass is 327 g/mol. The number of hydrogen-bond donors (Lipinski definition) is 1. The summed E-state index contributed by atoms with van der Waals surface area (Å²) in [5, 5.41) is 0.711. The van der Waals surface area contributed by atoms with Crippen molar-refractivity contribution in [2.24, 2.45) is 10.9 Å². The number of hydrogen-bond acceptors (Lipinski definition) is 3. The number of piperidine rings is 3. The Bertz CT molecular complexity index is 558. The third-order valence-electron chi connectivity index (χ3n) is 4.73. The van der Waals surface area contributed by atoms with Crippen LogP contribution in [0.25, 0.3) is 0 Å². The molecule has 0 aliphatic carbocycles. The van der Waals surface area contributed by atoms with E-state index in [0.717, 1.165) is 24.5 Å². The minimum atomic E-state index is -0.0616. The molecule has 21 heavy (non-hydrogen) atoms. The lowest BCUT2D eigenvalue weighted by molar-refractivity contribution is -0.150. The van der Waals surface area contributed by atoms with E-state index >= 15 is 0 Å². The Hall–Kier alpha value is -0.810. The molecule has 4 saturated heterocycles. The van der Waals surface area contributed by atoms with Gasteiger partial charge >= 0.3 is 0 Å². The van der Waals surface area contributed by atoms with E-state index in [1.54, 1.807) is 0 Å². The maximum absolute atomic E-state index is 6.00. The second-order valence-corrected chi connectivity index (χ2v) is 6.47. The summed E-state index contributed by atoms with van der Waals surface area (Å²) in [6, 6.07) is 7.61. The molecule has 0 radical (unpaired) electrons. The van der Waals surface area contributed by atoms with Gasteiger partial charge in [-0.3, -0.25) is 10.3 Å². The number of amidine groups is 1. The first-order valence-electron chi connectivity index (χ1n) is 7.23. The van der Waals surface area contributed by atoms with Crippen molar-refractivity contribution in [2.75, 3.05) is 19.6 Å². The van der Waals surface area contributed by atoms with Crippen molar-refractivity contribution in [2.45, 2.75) is 24.9 Å². The topological polar surface area (TPSA) is 36.9 Å². The molecular formula is C15H19Cl2N3O. The predicted octanol–water partition coefficient (Wildman–Crippen LogP) is 3.18. The lowest BCUT2D eigenvalue weighted by Gasteiger charge is -2.49. The molecular weight excluding hydrogens is 309 g/mol. The minimum Gasteiger partial charge on any atom is -0.300 e. The Kier molecular flexibility index (Phi) is 4.14. The number of halogens is 2. The van der Waals surface area contributed by atoms with Gasteiger partial charge in [0.1, 0.15) is 11.4 Å². The highest BCUT2D eigenvalue weighted by molar-refractivity contribution is 6.30. The molecule has 5 rings (SSSR count). The Labute approximate surface area is 135 Å². The summed E-state index contributed by atoms with van der Waals surface area (Å²) < 4.78 is 0. The number of aliphatic imine (C=N–C) groups is 1. The fraction of sp³-hybridized carbons (Fsp3) is 0.533. The van der Waals surface area contributed by atoms with Crippen LogP contribution in [0.15, 0.2) is 29.3 Å². The van der Waals surface area contributed by atoms with Crippen molar-refractivity contribution < 1.29 is 4.84 Å². The minimum absolute atomic E-state index is 0. The molecule has 1 atom stereocenters. The van der Waals surface area contributed by atoms with E-state index in [2.05, 4.69) is 15.4 Å². The number of nitrogens with zero attached hydrogens (tertiary/aromatic N) is 2. The average molecular weight is 328 g/mol. The van der Waals surface area contributed by atoms with E-state index in [9.17, 15) is 0 Å². The molecule has 0 amide bonds. The Morgan fingerprint density at radius 1 is 1.33 bits per heavy atom. The summed E-state index contributed by atoms with van der Waals surface area (Å²) in [5.41, 5.74) is 3.87. The molecule has 4 aliphatic rings. The highest BCUT2D eigenvalue weighted by atomic mass is 35.5. The van der Waals surface area contributed by atoms with Gasteiger partial charge in [0.25, 0.3) is 0 Å². The first-order chi connectivity index (χ1) is 9.73. The molecule has 1 aromatic carbocycles. The van der Waals surface area contributed by atoms with Gasteiger partial charge in [0.2, 0.25) is 0 Å². The first-order valence-corrected chi connectivity index (χ1v) is 7.61. The summed E-state index contributed by atoms with van der Waals surface area (Å²) in [5.74, 6) is 1.58. The van der Waals surface area contributed by atoms with Crippen LogP contribution in [0.1, 0.15) is 19.3 Å². The number of hydroxylamine groups is 1. The molecule has 4 heterocycles. The van der Waals surface area contributed by atoms with Crippen LogP contribution in [0, 0.1) is 5.92 Å². The lowest BCUT2D eigenvalue weighted by Crippen LogP contribution is -2.59. The van der Waals surface area contributed by atoms with Crippen LogP contribution < -0.4 is 5.48 Å². The van der Waals surface area contributed by atoms with Crippen LogP contribution >= 0.6 is 24.0 Å². The molecule has 2 bridgehead atoms. The molecule has 6 heteroatoms. The number of fused-ring (bicyclic) bond motifs is 2. The summed E-state index contributed by atoms with van der Waals surface area (Å²) in [4.78, 5) is 13.1. The number of benzene rings is 1. The van der Waals surface area contributed by atoms with Crippen LogP contribution in [0.2, 0.25) is 5.02 Å². The van der Waals surface area contributed by atoms with Gasteiger partial charge in [0, 0.05) is 18.0 Å². The molecule has 0 saturated carbocycles. The largest absolute Gasteiger partial charge is 0.300 e. The van der Waals surface area contributed by atoms with Gasteiger partial charge in [-0.1, -0.05) is 17.7 Å². The van der Waals surface area contributed by atoms with Gasteiger partial charge in [0.15, 0.2) is 0 Å². The van der Waals surface area contributed by atoms with Crippen LogP contribution in [0.3, 0.4) is 0 Å². The standard InChI is InChI=1S/C15H18ClN3O.ClH/c16-12-2-1-3-13(8-12)17-14-9-15(20-18-14)10-19-6-4-11(15)5-7-19;/h1-3,8,11H,4-7,9-10H2,(H,17,18);1H/t15-;/m0./s1. The predicted molar refractivity (Wildman–Crippen MR) is 86.5 cm³/mol. The van der Waals surface area contributed by atoms with Gasteiger partial charge in [-0.15, -0.1) is 12.4 Å². The Balaban J connectivity index is 0.00000132. The molecule has 1 N–H and O–H groups in total. The highest BCUT2D eigenvalue weighted by Gasteiger charge is 2.52. The van der Waals surface area contributed by atoms with Gasteiger partial charge in [-0.05, 0) is 50.0 Å². The zero-order valence-electron chi connectivity index (χ0n) is 11.7. The molecule has 114 valence electrons. The summed E-state index contributed by atoms with van der Waals surface area (Å²) in [7, 11) is 0. The van der Waals surface area contributed by atoms with E-state index in [0.29, 0.717) is 10.9 Å². The summed E-state index contributed by atoms with van der Waals surface area (Å²) in [6.07, 6.45) is 3.36. The van der Waals surface area contributed by atoms with Crippen molar-refractivity contribution >= 4 is 35.5 Å². The lowest BCUT2D eigenvalue weighted by atomic mass is 9.74. The van der Waals surface area contributed by atoms with Crippen molar-refractivity contribution in [3.63, 3.8) is 0 Å². The van der Waals surface area contributed by atoms with Crippen LogP contribution in [-0.4, -0.2) is 36.0 Å². The van der Waals surface area contributed by atoms with Crippen molar-refractivity contribution in [3.8, 4) is 0 Å². The second kappa shape index (κ2) is 5.76. The fourth-order valence-electron chi connectivity index (χ4n) is 3.72. The van der Waals surface area contributed by atoms with Gasteiger partial charge < -0.3 is 4.90 Å². The zero-order chi connectivity index (χ0) is 13.6. The summed E-state index contributed by atoms with van der Waals surface area (Å²) in [6.45, 7) is 3.46. The third-order valence-corrected chi connectivity index (χ3v) is 4.97. The van der Waals surface area contributed by atoms with Crippen molar-refractivity contribution in [1.29, 1.82) is 0 Å². The highest BCUT2D eigenvalue weighted by Crippen LogP contribution is 2.42. The molecule has 0 aromatic heterocycles. The van der Waals surface area contributed by atoms with Crippen LogP contribution in [0.4, 0.5) is 5.69 Å². The third kappa shape index (κ3) is 2.78. The average Bonchev–Trinajstić information content (AvgIpc) is 2.83. The van der Waals surface area contributed by atoms with E-state index in [1.807, 2.05) is 24.3 Å². The Morgan fingerprint density at radius 3 is 2.81 bits per heavy atom. The maximum Gasteiger partial charge on any atom is 0.129 e. The molecule has 4 aliphatic heterocycles. The van der Waals surface area contributed by atoms with Crippen molar-refractivity contribution in [1.82, 2.24) is 10.4 Å². The SMILES string of the molecule is Cl.Clc1cccc(N=C2C[C@@]3(CN4CCC3CC4)ON2)c1. The quantitative estimate of drug-likeness (QED) is 0.860. The van der Waals surface area contributed by atoms with Crippen molar-refractivity contribution in [3.05, 3.63) is 29.3 Å². The van der Waals surface area contributed by atoms with Crippen LogP contribution in [0.5, 0.6) is 0 Å². The molecule has 1 aromatic rings. The molecule has 1 spiro atoms. The fourth-order valence-corrected chi connectivity index (χ4v) is 3.91. The van der Waals surface area contributed by atoms with E-state index < -0.39 is 0 Å². The second-order valence-electron chi connectivity index (χ2n) is 6.03.